The highest BCUT2D eigenvalue weighted by molar-refractivity contribution is 14.1. The average molecular weight is 650 g/mol. The van der Waals surface area contributed by atoms with Crippen LogP contribution in [0.3, 0.4) is 0 Å². The minimum Gasteiger partial charge on any atom is -0.103 e. The van der Waals surface area contributed by atoms with Crippen LogP contribution in [-0.2, 0) is 18.3 Å². The maximum atomic E-state index is 3.91. The van der Waals surface area contributed by atoms with Gasteiger partial charge in [-0.3, -0.25) is 0 Å². The first-order valence-corrected chi connectivity index (χ1v) is 13.2. The van der Waals surface area contributed by atoms with Gasteiger partial charge in [0, 0.05) is 7.14 Å². The Morgan fingerprint density at radius 3 is 1.33 bits per heavy atom. The summed E-state index contributed by atoms with van der Waals surface area (Å²) in [6.45, 7) is 7.82. The molecule has 0 aliphatic heterocycles. The fraction of sp³-hybridized carbons (Fsp3) is 0.0968. The van der Waals surface area contributed by atoms with Gasteiger partial charge in [-0.05, 0) is 127 Å². The molecule has 1 aliphatic carbocycles. The number of rotatable bonds is 6. The monoisotopic (exact) mass is 650 g/mol. The third-order valence-corrected chi connectivity index (χ3v) is 7.94. The van der Waals surface area contributed by atoms with Gasteiger partial charge in [0.1, 0.15) is 0 Å². The molecule has 4 aromatic carbocycles. The van der Waals surface area contributed by atoms with Crippen molar-refractivity contribution in [3.05, 3.63) is 151 Å². The largest absolute Gasteiger partial charge is 0.103 e. The van der Waals surface area contributed by atoms with Crippen molar-refractivity contribution in [2.75, 3.05) is 0 Å². The predicted octanol–water partition coefficient (Wildman–Crippen LogP) is 8.72. The number of benzene rings is 4. The number of halogens is 2. The molecular weight excluding hydrogens is 626 g/mol. The number of fused-ring (bicyclic) bond motifs is 3. The second-order valence-electron chi connectivity index (χ2n) is 8.51. The molecule has 0 heterocycles. The highest BCUT2D eigenvalue weighted by Gasteiger charge is 2.46. The van der Waals surface area contributed by atoms with E-state index in [9.17, 15) is 0 Å². The summed E-state index contributed by atoms with van der Waals surface area (Å²) in [6, 6.07) is 32.1. The Morgan fingerprint density at radius 2 is 0.970 bits per heavy atom. The van der Waals surface area contributed by atoms with Crippen molar-refractivity contribution in [3.8, 4) is 11.1 Å². The topological polar surface area (TPSA) is 0 Å². The molecule has 0 saturated heterocycles. The van der Waals surface area contributed by atoms with Gasteiger partial charge in [0.05, 0.1) is 5.41 Å². The van der Waals surface area contributed by atoms with E-state index < -0.39 is 0 Å². The molecule has 0 amide bonds. The highest BCUT2D eigenvalue weighted by atomic mass is 127. The van der Waals surface area contributed by atoms with Crippen LogP contribution in [0.1, 0.15) is 33.4 Å². The quantitative estimate of drug-likeness (QED) is 0.128. The van der Waals surface area contributed by atoms with Crippen LogP contribution in [0.15, 0.2) is 110 Å². The first-order valence-electron chi connectivity index (χ1n) is 11.1. The summed E-state index contributed by atoms with van der Waals surface area (Å²) in [5, 5.41) is 0. The minimum absolute atomic E-state index is 0.355. The Bertz CT molecular complexity index is 1240. The van der Waals surface area contributed by atoms with Gasteiger partial charge in [-0.25, -0.2) is 0 Å². The maximum Gasteiger partial charge on any atom is 0.0714 e. The Labute approximate surface area is 223 Å². The van der Waals surface area contributed by atoms with Gasteiger partial charge in [-0.2, -0.15) is 0 Å². The van der Waals surface area contributed by atoms with Gasteiger partial charge >= 0.3 is 0 Å². The highest BCUT2D eigenvalue weighted by Crippen LogP contribution is 2.56. The fourth-order valence-electron chi connectivity index (χ4n) is 5.17. The molecule has 1 aliphatic rings. The first kappa shape index (κ1) is 22.6. The molecule has 162 valence electrons. The van der Waals surface area contributed by atoms with E-state index in [1.54, 1.807) is 0 Å². The fourth-order valence-corrected chi connectivity index (χ4v) is 6.15. The van der Waals surface area contributed by atoms with Crippen LogP contribution in [0.5, 0.6) is 0 Å². The molecule has 0 aromatic heterocycles. The molecule has 0 saturated carbocycles. The van der Waals surface area contributed by atoms with Crippen molar-refractivity contribution in [1.29, 1.82) is 0 Å². The van der Waals surface area contributed by atoms with Gasteiger partial charge in [-0.15, -0.1) is 13.2 Å². The minimum atomic E-state index is -0.355. The number of hydrogen-bond donors (Lipinski definition) is 0. The SMILES string of the molecule is C=CCc1ccc(C2(c3ccc(CC=C)cc3)c3cc(I)ccc3-c3ccc(I)cc32)cc1. The van der Waals surface area contributed by atoms with E-state index in [1.807, 2.05) is 12.2 Å². The van der Waals surface area contributed by atoms with E-state index in [0.29, 0.717) is 0 Å². The van der Waals surface area contributed by atoms with E-state index in [0.717, 1.165) is 12.8 Å². The van der Waals surface area contributed by atoms with Crippen molar-refractivity contribution in [1.82, 2.24) is 0 Å². The van der Waals surface area contributed by atoms with Crippen LogP contribution in [0, 0.1) is 7.14 Å². The predicted molar refractivity (Wildman–Crippen MR) is 157 cm³/mol. The van der Waals surface area contributed by atoms with Crippen LogP contribution in [0.2, 0.25) is 0 Å². The van der Waals surface area contributed by atoms with Crippen LogP contribution < -0.4 is 0 Å². The summed E-state index contributed by atoms with van der Waals surface area (Å²) in [6.07, 6.45) is 5.70. The van der Waals surface area contributed by atoms with Crippen molar-refractivity contribution >= 4 is 45.2 Å². The van der Waals surface area contributed by atoms with Gasteiger partial charge in [0.25, 0.3) is 0 Å². The lowest BCUT2D eigenvalue weighted by Crippen LogP contribution is -2.29. The lowest BCUT2D eigenvalue weighted by Gasteiger charge is -2.34. The van der Waals surface area contributed by atoms with Gasteiger partial charge < -0.3 is 0 Å². The zero-order valence-electron chi connectivity index (χ0n) is 18.3. The molecule has 0 atom stereocenters. The van der Waals surface area contributed by atoms with Crippen LogP contribution in [-0.4, -0.2) is 0 Å². The lowest BCUT2D eigenvalue weighted by atomic mass is 9.67. The summed E-state index contributed by atoms with van der Waals surface area (Å²) in [5.74, 6) is 0. The second-order valence-corrected chi connectivity index (χ2v) is 11.0. The van der Waals surface area contributed by atoms with Gasteiger partial charge in [0.15, 0.2) is 0 Å². The van der Waals surface area contributed by atoms with Crippen molar-refractivity contribution in [3.63, 3.8) is 0 Å². The summed E-state index contributed by atoms with van der Waals surface area (Å²) in [4.78, 5) is 0. The maximum absolute atomic E-state index is 3.91. The molecule has 0 bridgehead atoms. The van der Waals surface area contributed by atoms with E-state index >= 15 is 0 Å². The first-order chi connectivity index (χ1) is 16.1. The normalized spacial score (nSPS) is 13.3. The summed E-state index contributed by atoms with van der Waals surface area (Å²) in [5.41, 5.74) is 10.2. The molecule has 0 N–H and O–H groups in total. The van der Waals surface area contributed by atoms with Gasteiger partial charge in [-0.1, -0.05) is 72.8 Å². The number of allylic oxidation sites excluding steroid dienone is 2. The van der Waals surface area contributed by atoms with Crippen molar-refractivity contribution < 1.29 is 0 Å². The molecule has 0 fully saturated rings. The third kappa shape index (κ3) is 3.81. The molecule has 0 nitrogen and oxygen atoms in total. The molecule has 0 spiro atoms. The Morgan fingerprint density at radius 1 is 0.576 bits per heavy atom. The number of hydrogen-bond acceptors (Lipinski definition) is 0. The molecule has 0 radical (unpaired) electrons. The van der Waals surface area contributed by atoms with Crippen LogP contribution in [0.4, 0.5) is 0 Å². The molecule has 5 rings (SSSR count). The second kappa shape index (κ2) is 9.22. The van der Waals surface area contributed by atoms with Crippen LogP contribution >= 0.6 is 45.2 Å². The Hall–Kier alpha value is -2.18. The lowest BCUT2D eigenvalue weighted by molar-refractivity contribution is 0.766. The zero-order chi connectivity index (χ0) is 23.0. The van der Waals surface area contributed by atoms with Crippen molar-refractivity contribution in [2.45, 2.75) is 18.3 Å². The molecule has 4 aromatic rings. The molecule has 2 heteroatoms. The standard InChI is InChI=1S/C31H24I2/c1-3-5-21-7-11-23(12-8-21)31(24-13-9-22(6-4-2)10-14-24)29-19-25(32)15-17-27(29)28-18-16-26(33)20-30(28)31/h3-4,7-20H,1-2,5-6H2. The summed E-state index contributed by atoms with van der Waals surface area (Å²) < 4.78 is 2.51. The smallest absolute Gasteiger partial charge is 0.0714 e. The van der Waals surface area contributed by atoms with E-state index in [1.165, 1.54) is 51.6 Å². The van der Waals surface area contributed by atoms with Crippen LogP contribution in [0.25, 0.3) is 11.1 Å². The molecule has 33 heavy (non-hydrogen) atoms. The Balaban J connectivity index is 1.86. The van der Waals surface area contributed by atoms with E-state index in [-0.39, 0.29) is 5.41 Å². The van der Waals surface area contributed by atoms with Gasteiger partial charge in [0.2, 0.25) is 0 Å². The Kier molecular flexibility index (Phi) is 6.32. The van der Waals surface area contributed by atoms with Crippen molar-refractivity contribution in [2.24, 2.45) is 0 Å². The van der Waals surface area contributed by atoms with E-state index in [4.69, 9.17) is 0 Å². The summed E-state index contributed by atoms with van der Waals surface area (Å²) in [7, 11) is 0. The third-order valence-electron chi connectivity index (χ3n) is 6.60. The zero-order valence-corrected chi connectivity index (χ0v) is 22.6. The average Bonchev–Trinajstić information content (AvgIpc) is 3.10. The van der Waals surface area contributed by atoms with E-state index in [2.05, 4.69) is 143 Å². The molecule has 0 unspecified atom stereocenters. The molecular formula is C31H24I2. The summed E-state index contributed by atoms with van der Waals surface area (Å²) >= 11 is 4.89.